The van der Waals surface area contributed by atoms with Gasteiger partial charge >= 0.3 is 0 Å². The van der Waals surface area contributed by atoms with Gasteiger partial charge in [-0.25, -0.2) is 0 Å². The molecule has 7 heteroatoms. The maximum Gasteiger partial charge on any atom is 0.236 e. The number of phenols is 1. The Bertz CT molecular complexity index is 975. The molecule has 4 rings (SSSR count). The zero-order valence-electron chi connectivity index (χ0n) is 20.5. The van der Waals surface area contributed by atoms with Gasteiger partial charge in [0.25, 0.3) is 0 Å². The summed E-state index contributed by atoms with van der Waals surface area (Å²) in [7, 11) is 1.53. The number of benzene rings is 2. The van der Waals surface area contributed by atoms with Crippen molar-refractivity contribution in [3.8, 4) is 11.5 Å². The van der Waals surface area contributed by atoms with Crippen molar-refractivity contribution in [2.24, 2.45) is 5.92 Å². The number of amides is 1. The Labute approximate surface area is 207 Å². The molecule has 2 aliphatic rings. The summed E-state index contributed by atoms with van der Waals surface area (Å²) in [5, 5.41) is 9.81. The van der Waals surface area contributed by atoms with E-state index in [1.54, 1.807) is 12.1 Å². The molecule has 1 amide bonds. The van der Waals surface area contributed by atoms with E-state index in [1.165, 1.54) is 7.11 Å². The van der Waals surface area contributed by atoms with Crippen molar-refractivity contribution in [2.45, 2.75) is 25.6 Å². The van der Waals surface area contributed by atoms with Crippen LogP contribution in [0, 0.1) is 5.92 Å². The van der Waals surface area contributed by atoms with Crippen LogP contribution in [-0.4, -0.2) is 80.0 Å². The highest BCUT2D eigenvalue weighted by Gasteiger charge is 2.30. The molecule has 0 aliphatic carbocycles. The predicted molar refractivity (Wildman–Crippen MR) is 135 cm³/mol. The van der Waals surface area contributed by atoms with Crippen molar-refractivity contribution < 1.29 is 24.1 Å². The molecule has 188 valence electrons. The molecule has 0 spiro atoms. The van der Waals surface area contributed by atoms with Gasteiger partial charge in [-0.1, -0.05) is 48.6 Å². The van der Waals surface area contributed by atoms with Gasteiger partial charge in [0, 0.05) is 39.4 Å². The van der Waals surface area contributed by atoms with Crippen molar-refractivity contribution in [1.82, 2.24) is 9.80 Å². The van der Waals surface area contributed by atoms with Gasteiger partial charge in [0.15, 0.2) is 11.5 Å². The van der Waals surface area contributed by atoms with Crippen LogP contribution in [0.4, 0.5) is 0 Å². The molecular weight excluding hydrogens is 444 g/mol. The summed E-state index contributed by atoms with van der Waals surface area (Å²) in [5.74, 6) is 1.20. The minimum atomic E-state index is -0.0661. The Kier molecular flexibility index (Phi) is 9.17. The first-order valence-electron chi connectivity index (χ1n) is 12.4. The van der Waals surface area contributed by atoms with E-state index in [4.69, 9.17) is 14.2 Å². The standard InChI is InChI=1S/C28H36N2O5/c1-33-27-16-22(9-10-26(27)31)8-5-13-29-18-25(35-21-24-6-3-2-4-7-24)19-30(28(32)20-29)17-23-11-14-34-15-12-23/h2-10,16,23,25,31H,11-15,17-21H2,1H3/b8-5+. The smallest absolute Gasteiger partial charge is 0.236 e. The lowest BCUT2D eigenvalue weighted by Crippen LogP contribution is -2.42. The fraction of sp³-hybridized carbons (Fsp3) is 0.464. The van der Waals surface area contributed by atoms with Gasteiger partial charge in [0.2, 0.25) is 5.91 Å². The van der Waals surface area contributed by atoms with E-state index in [0.29, 0.717) is 44.5 Å². The Hall–Kier alpha value is -2.87. The van der Waals surface area contributed by atoms with Crippen LogP contribution in [0.25, 0.3) is 6.08 Å². The molecule has 2 saturated heterocycles. The molecule has 0 aromatic heterocycles. The van der Waals surface area contributed by atoms with E-state index in [2.05, 4.69) is 17.0 Å². The van der Waals surface area contributed by atoms with Crippen molar-refractivity contribution in [1.29, 1.82) is 0 Å². The molecule has 35 heavy (non-hydrogen) atoms. The summed E-state index contributed by atoms with van der Waals surface area (Å²) in [6.45, 7) is 5.15. The summed E-state index contributed by atoms with van der Waals surface area (Å²) in [6.07, 6.45) is 5.96. The lowest BCUT2D eigenvalue weighted by molar-refractivity contribution is -0.133. The van der Waals surface area contributed by atoms with Gasteiger partial charge in [-0.15, -0.1) is 0 Å². The minimum absolute atomic E-state index is 0.0661. The van der Waals surface area contributed by atoms with Gasteiger partial charge in [0.1, 0.15) is 0 Å². The quantitative estimate of drug-likeness (QED) is 0.592. The molecule has 2 fully saturated rings. The molecule has 7 nitrogen and oxygen atoms in total. The zero-order valence-corrected chi connectivity index (χ0v) is 20.5. The maximum absolute atomic E-state index is 13.2. The maximum atomic E-state index is 13.2. The third-order valence-electron chi connectivity index (χ3n) is 6.62. The molecule has 2 aromatic rings. The van der Waals surface area contributed by atoms with Crippen LogP contribution in [0.5, 0.6) is 11.5 Å². The van der Waals surface area contributed by atoms with Crippen molar-refractivity contribution in [2.75, 3.05) is 53.0 Å². The van der Waals surface area contributed by atoms with Gasteiger partial charge in [0.05, 0.1) is 26.4 Å². The number of hydrogen-bond donors (Lipinski definition) is 1. The first-order chi connectivity index (χ1) is 17.1. The van der Waals surface area contributed by atoms with Gasteiger partial charge in [-0.2, -0.15) is 0 Å². The van der Waals surface area contributed by atoms with Crippen LogP contribution in [0.15, 0.2) is 54.6 Å². The second kappa shape index (κ2) is 12.7. The van der Waals surface area contributed by atoms with Crippen molar-refractivity contribution in [3.05, 3.63) is 65.7 Å². The summed E-state index contributed by atoms with van der Waals surface area (Å²) < 4.78 is 17.0. The Morgan fingerprint density at radius 3 is 2.69 bits per heavy atom. The van der Waals surface area contributed by atoms with Gasteiger partial charge < -0.3 is 24.2 Å². The fourth-order valence-electron chi connectivity index (χ4n) is 4.63. The Morgan fingerprint density at radius 1 is 1.11 bits per heavy atom. The number of aromatic hydroxyl groups is 1. The number of phenolic OH excluding ortho intramolecular Hbond substituents is 1. The van der Waals surface area contributed by atoms with Crippen LogP contribution in [0.3, 0.4) is 0 Å². The zero-order chi connectivity index (χ0) is 24.5. The molecule has 2 heterocycles. The highest BCUT2D eigenvalue weighted by Crippen LogP contribution is 2.26. The van der Waals surface area contributed by atoms with Crippen LogP contribution >= 0.6 is 0 Å². The molecule has 1 N–H and O–H groups in total. The number of methoxy groups -OCH3 is 1. The number of hydrogen-bond acceptors (Lipinski definition) is 6. The average Bonchev–Trinajstić information content (AvgIpc) is 3.03. The first kappa shape index (κ1) is 25.2. The number of carbonyl (C=O) groups is 1. The molecular formula is C28H36N2O5. The van der Waals surface area contributed by atoms with Crippen LogP contribution in [0.2, 0.25) is 0 Å². The van der Waals surface area contributed by atoms with E-state index >= 15 is 0 Å². The van der Waals surface area contributed by atoms with Gasteiger partial charge in [-0.3, -0.25) is 9.69 Å². The number of carbonyl (C=O) groups excluding carboxylic acids is 1. The predicted octanol–water partition coefficient (Wildman–Crippen LogP) is 3.57. The summed E-state index contributed by atoms with van der Waals surface area (Å²) in [6, 6.07) is 15.4. The van der Waals surface area contributed by atoms with Gasteiger partial charge in [-0.05, 0) is 42.0 Å². The monoisotopic (exact) mass is 480 g/mol. The average molecular weight is 481 g/mol. The SMILES string of the molecule is COc1cc(/C=C/CN2CC(=O)N(CC3CCOCC3)CC(OCc3ccccc3)C2)ccc1O. The highest BCUT2D eigenvalue weighted by molar-refractivity contribution is 5.78. The lowest BCUT2D eigenvalue weighted by Gasteiger charge is -2.30. The number of ether oxygens (including phenoxy) is 3. The Balaban J connectivity index is 1.41. The van der Waals surface area contributed by atoms with Crippen LogP contribution in [0.1, 0.15) is 24.0 Å². The number of nitrogens with zero attached hydrogens (tertiary/aromatic N) is 2. The van der Waals surface area contributed by atoms with E-state index in [0.717, 1.165) is 43.7 Å². The fourth-order valence-corrected chi connectivity index (χ4v) is 4.63. The van der Waals surface area contributed by atoms with Crippen LogP contribution < -0.4 is 4.74 Å². The molecule has 0 bridgehead atoms. The second-order valence-corrected chi connectivity index (χ2v) is 9.30. The highest BCUT2D eigenvalue weighted by atomic mass is 16.5. The molecule has 1 atom stereocenters. The molecule has 1 unspecified atom stereocenters. The van der Waals surface area contributed by atoms with Crippen molar-refractivity contribution in [3.63, 3.8) is 0 Å². The molecule has 2 aromatic carbocycles. The summed E-state index contributed by atoms with van der Waals surface area (Å²) >= 11 is 0. The minimum Gasteiger partial charge on any atom is -0.504 e. The second-order valence-electron chi connectivity index (χ2n) is 9.30. The summed E-state index contributed by atoms with van der Waals surface area (Å²) in [5.41, 5.74) is 2.06. The first-order valence-corrected chi connectivity index (χ1v) is 12.4. The summed E-state index contributed by atoms with van der Waals surface area (Å²) in [4.78, 5) is 17.4. The largest absolute Gasteiger partial charge is 0.504 e. The molecule has 2 aliphatic heterocycles. The Morgan fingerprint density at radius 2 is 1.91 bits per heavy atom. The van der Waals surface area contributed by atoms with E-state index in [1.807, 2.05) is 41.3 Å². The third kappa shape index (κ3) is 7.56. The number of rotatable bonds is 9. The van der Waals surface area contributed by atoms with Crippen LogP contribution in [-0.2, 0) is 20.9 Å². The van der Waals surface area contributed by atoms with E-state index < -0.39 is 0 Å². The molecule has 0 radical (unpaired) electrons. The third-order valence-corrected chi connectivity index (χ3v) is 6.62. The van der Waals surface area contributed by atoms with E-state index in [-0.39, 0.29) is 17.8 Å². The molecule has 0 saturated carbocycles. The normalized spacial score (nSPS) is 20.3. The van der Waals surface area contributed by atoms with E-state index in [9.17, 15) is 9.90 Å². The lowest BCUT2D eigenvalue weighted by atomic mass is 9.99. The van der Waals surface area contributed by atoms with Crippen molar-refractivity contribution >= 4 is 12.0 Å². The topological polar surface area (TPSA) is 71.5 Å².